The Morgan fingerprint density at radius 2 is 1.23 bits per heavy atom. The molecule has 0 unspecified atom stereocenters. The molecule has 2 aliphatic heterocycles. The van der Waals surface area contributed by atoms with Crippen molar-refractivity contribution < 1.29 is 43.1 Å². The number of benzene rings is 4. The van der Waals surface area contributed by atoms with E-state index in [1.54, 1.807) is 60.7 Å². The summed E-state index contributed by atoms with van der Waals surface area (Å²) >= 11 is 0. The average Bonchev–Trinajstić information content (AvgIpc) is 3.51. The van der Waals surface area contributed by atoms with Gasteiger partial charge in [0, 0.05) is 17.7 Å². The maximum atomic E-state index is 11.5. The van der Waals surface area contributed by atoms with Gasteiger partial charge in [-0.1, -0.05) is 25.6 Å². The Balaban J connectivity index is 0.000000221. The number of carbonyl (C=O) groups is 1. The number of hydrogen-bond acceptors (Lipinski definition) is 11. The Labute approximate surface area is 278 Å². The third kappa shape index (κ3) is 7.89. The molecule has 248 valence electrons. The van der Waals surface area contributed by atoms with E-state index in [0.717, 1.165) is 11.8 Å². The molecule has 13 nitrogen and oxygen atoms in total. The Morgan fingerprint density at radius 1 is 0.750 bits per heavy atom. The number of non-ortho nitro benzene ring substituents is 2. The van der Waals surface area contributed by atoms with Crippen molar-refractivity contribution in [3.8, 4) is 23.0 Å². The van der Waals surface area contributed by atoms with Gasteiger partial charge in [-0.15, -0.1) is 0 Å². The topological polar surface area (TPSA) is 170 Å². The van der Waals surface area contributed by atoms with Crippen LogP contribution in [0.15, 0.2) is 84.9 Å². The van der Waals surface area contributed by atoms with Crippen LogP contribution in [-0.2, 0) is 20.6 Å². The largest absolute Gasteiger partial charge is 0.495 e. The standard InChI is InChI=1S/C19H20BNO6.C13H10BNO5.CH4/c1-18(2)19(3,4)27-20(26-18)17-11-16(9-8-13(17)12-22)25-15-7-5-6-14(10-15)21(23)24;16-14-13-7-12(5-4-9(13)8-19-14)20-11-3-1-2-10(6-11)15(17)18;/h5-12H,1-4H3;1-7,16H,8H2;1H4. The molecule has 0 aromatic heterocycles. The van der Waals surface area contributed by atoms with Gasteiger partial charge < -0.3 is 28.5 Å². The molecule has 48 heavy (non-hydrogen) atoms. The molecule has 2 aliphatic rings. The molecule has 1 saturated heterocycles. The first-order valence-electron chi connectivity index (χ1n) is 14.5. The van der Waals surface area contributed by atoms with Crippen molar-refractivity contribution in [1.82, 2.24) is 0 Å². The molecule has 0 atom stereocenters. The number of aldehydes is 1. The number of fused-ring (bicyclic) bond motifs is 1. The van der Waals surface area contributed by atoms with Crippen LogP contribution in [0.1, 0.15) is 51.0 Å². The third-order valence-corrected chi connectivity index (χ3v) is 8.00. The van der Waals surface area contributed by atoms with E-state index in [0.29, 0.717) is 46.1 Å². The van der Waals surface area contributed by atoms with Crippen LogP contribution in [0.3, 0.4) is 0 Å². The van der Waals surface area contributed by atoms with Gasteiger partial charge in [0.05, 0.1) is 39.8 Å². The van der Waals surface area contributed by atoms with E-state index in [-0.39, 0.29) is 18.8 Å². The molecule has 0 spiro atoms. The number of ether oxygens (including phenoxy) is 2. The maximum Gasteiger partial charge on any atom is 0.495 e. The second-order valence-corrected chi connectivity index (χ2v) is 11.7. The molecule has 6 rings (SSSR count). The van der Waals surface area contributed by atoms with Crippen molar-refractivity contribution in [2.45, 2.75) is 52.9 Å². The van der Waals surface area contributed by atoms with Gasteiger partial charge in [-0.3, -0.25) is 25.0 Å². The SMILES string of the molecule is C.CC1(C)OB(c2cc(Oc3cccc([N+](=O)[O-])c3)ccc2C=O)OC1(C)C.O=[N+]([O-])c1cccc(Oc2ccc3c(c2)B(O)OC3)c1. The molecule has 0 radical (unpaired) electrons. The van der Waals surface area contributed by atoms with Crippen LogP contribution in [0.2, 0.25) is 0 Å². The Kier molecular flexibility index (Phi) is 10.7. The van der Waals surface area contributed by atoms with Crippen LogP contribution in [0.25, 0.3) is 0 Å². The molecular weight excluding hydrogens is 622 g/mol. The van der Waals surface area contributed by atoms with Crippen LogP contribution in [-0.4, -0.2) is 46.6 Å². The van der Waals surface area contributed by atoms with Crippen LogP contribution in [0.4, 0.5) is 11.4 Å². The van der Waals surface area contributed by atoms with Crippen molar-refractivity contribution in [3.63, 3.8) is 0 Å². The Morgan fingerprint density at radius 3 is 1.73 bits per heavy atom. The fourth-order valence-corrected chi connectivity index (χ4v) is 4.75. The lowest BCUT2D eigenvalue weighted by Crippen LogP contribution is -2.41. The van der Waals surface area contributed by atoms with Gasteiger partial charge in [-0.25, -0.2) is 0 Å². The highest BCUT2D eigenvalue weighted by Gasteiger charge is 2.52. The monoisotopic (exact) mass is 656 g/mol. The van der Waals surface area contributed by atoms with Crippen molar-refractivity contribution in [3.05, 3.63) is 116 Å². The Bertz CT molecular complexity index is 1820. The van der Waals surface area contributed by atoms with Gasteiger partial charge in [-0.05, 0) is 86.6 Å². The fourth-order valence-electron chi connectivity index (χ4n) is 4.75. The molecular formula is C33H34B2N2O11. The van der Waals surface area contributed by atoms with Gasteiger partial charge in [0.15, 0.2) is 0 Å². The van der Waals surface area contributed by atoms with Gasteiger partial charge in [-0.2, -0.15) is 0 Å². The number of nitro groups is 2. The summed E-state index contributed by atoms with van der Waals surface area (Å²) in [5, 5.41) is 31.2. The zero-order valence-corrected chi connectivity index (χ0v) is 25.9. The van der Waals surface area contributed by atoms with Gasteiger partial charge >= 0.3 is 14.2 Å². The molecule has 0 saturated carbocycles. The lowest BCUT2D eigenvalue weighted by Gasteiger charge is -2.32. The van der Waals surface area contributed by atoms with E-state index in [9.17, 15) is 30.0 Å². The summed E-state index contributed by atoms with van der Waals surface area (Å²) in [4.78, 5) is 32.1. The molecule has 15 heteroatoms. The third-order valence-electron chi connectivity index (χ3n) is 8.00. The number of nitrogens with zero attached hydrogens (tertiary/aromatic N) is 2. The summed E-state index contributed by atoms with van der Waals surface area (Å²) in [6.45, 7) is 8.08. The average molecular weight is 656 g/mol. The fraction of sp³-hybridized carbons (Fsp3) is 0.242. The van der Waals surface area contributed by atoms with E-state index >= 15 is 0 Å². The second-order valence-electron chi connectivity index (χ2n) is 11.7. The summed E-state index contributed by atoms with van der Waals surface area (Å²) in [5.74, 6) is 1.61. The highest BCUT2D eigenvalue weighted by Crippen LogP contribution is 2.37. The molecule has 1 fully saturated rings. The number of carbonyl (C=O) groups excluding carboxylic acids is 1. The summed E-state index contributed by atoms with van der Waals surface area (Å²) in [6, 6.07) is 21.9. The molecule has 4 aromatic carbocycles. The zero-order chi connectivity index (χ0) is 33.9. The zero-order valence-electron chi connectivity index (χ0n) is 25.9. The van der Waals surface area contributed by atoms with E-state index in [4.69, 9.17) is 23.4 Å². The van der Waals surface area contributed by atoms with Crippen molar-refractivity contribution >= 4 is 42.8 Å². The van der Waals surface area contributed by atoms with Gasteiger partial charge in [0.2, 0.25) is 0 Å². The lowest BCUT2D eigenvalue weighted by molar-refractivity contribution is -0.385. The first-order valence-corrected chi connectivity index (χ1v) is 14.5. The number of nitro benzene ring substituents is 2. The summed E-state index contributed by atoms with van der Waals surface area (Å²) in [5.41, 5.74) is 1.35. The van der Waals surface area contributed by atoms with Crippen molar-refractivity contribution in [2.24, 2.45) is 0 Å². The first-order chi connectivity index (χ1) is 22.3. The van der Waals surface area contributed by atoms with Crippen molar-refractivity contribution in [2.75, 3.05) is 0 Å². The van der Waals surface area contributed by atoms with Crippen molar-refractivity contribution in [1.29, 1.82) is 0 Å². The minimum Gasteiger partial charge on any atom is -0.457 e. The molecule has 1 N–H and O–H groups in total. The smallest absolute Gasteiger partial charge is 0.457 e. The lowest BCUT2D eigenvalue weighted by atomic mass is 9.76. The molecule has 2 heterocycles. The Hall–Kier alpha value is -5.08. The number of rotatable bonds is 8. The minimum atomic E-state index is -0.946. The van der Waals surface area contributed by atoms with Crippen LogP contribution in [0.5, 0.6) is 23.0 Å². The quantitative estimate of drug-likeness (QED) is 0.106. The maximum absolute atomic E-state index is 11.5. The van der Waals surface area contributed by atoms with Crippen LogP contribution >= 0.6 is 0 Å². The number of hydrogen-bond donors (Lipinski definition) is 1. The molecule has 4 aromatic rings. The highest BCUT2D eigenvalue weighted by atomic mass is 16.7. The summed E-state index contributed by atoms with van der Waals surface area (Å²) in [6.07, 6.45) is 0.734. The second kappa shape index (κ2) is 14.4. The van der Waals surface area contributed by atoms with Crippen LogP contribution < -0.4 is 20.4 Å². The predicted molar refractivity (Wildman–Crippen MR) is 179 cm³/mol. The van der Waals surface area contributed by atoms with E-state index in [1.165, 1.54) is 24.3 Å². The van der Waals surface area contributed by atoms with E-state index in [2.05, 4.69) is 0 Å². The first kappa shape index (κ1) is 35.8. The summed E-state index contributed by atoms with van der Waals surface area (Å²) in [7, 11) is -1.66. The molecule has 0 aliphatic carbocycles. The van der Waals surface area contributed by atoms with Crippen LogP contribution in [0, 0.1) is 20.2 Å². The molecule has 0 bridgehead atoms. The normalized spacial score (nSPS) is 15.4. The van der Waals surface area contributed by atoms with Gasteiger partial charge in [0.25, 0.3) is 11.4 Å². The van der Waals surface area contributed by atoms with E-state index in [1.807, 2.05) is 27.7 Å². The van der Waals surface area contributed by atoms with Gasteiger partial charge in [0.1, 0.15) is 29.3 Å². The minimum absolute atomic E-state index is 0. The molecule has 0 amide bonds. The summed E-state index contributed by atoms with van der Waals surface area (Å²) < 4.78 is 28.4. The predicted octanol–water partition coefficient (Wildman–Crippen LogP) is 5.74. The van der Waals surface area contributed by atoms with E-state index < -0.39 is 35.3 Å². The highest BCUT2D eigenvalue weighted by molar-refractivity contribution is 6.63.